The van der Waals surface area contributed by atoms with Gasteiger partial charge in [0.1, 0.15) is 10.8 Å². The first kappa shape index (κ1) is 14.4. The molecule has 0 atom stereocenters. The molecule has 0 aliphatic heterocycles. The highest BCUT2D eigenvalue weighted by atomic mass is 79.9. The fourth-order valence-corrected chi connectivity index (χ4v) is 2.96. The number of benzene rings is 1. The molecule has 19 heavy (non-hydrogen) atoms. The number of anilines is 1. The summed E-state index contributed by atoms with van der Waals surface area (Å²) in [5.41, 5.74) is 0.994. The van der Waals surface area contributed by atoms with Gasteiger partial charge < -0.3 is 5.32 Å². The quantitative estimate of drug-likeness (QED) is 0.881. The second-order valence-electron chi connectivity index (χ2n) is 4.70. The van der Waals surface area contributed by atoms with E-state index in [-0.39, 0.29) is 5.82 Å². The molecule has 0 fully saturated rings. The molecular weight excluding hydrogens is 329 g/mol. The van der Waals surface area contributed by atoms with Crippen LogP contribution in [-0.2, 0) is 13.0 Å². The lowest BCUT2D eigenvalue weighted by atomic mass is 10.1. The summed E-state index contributed by atoms with van der Waals surface area (Å²) in [6.07, 6.45) is 0.946. The van der Waals surface area contributed by atoms with Crippen molar-refractivity contribution in [2.75, 3.05) is 5.32 Å². The second kappa shape index (κ2) is 6.43. The van der Waals surface area contributed by atoms with Gasteiger partial charge in [0.2, 0.25) is 5.13 Å². The Hall–Kier alpha value is -1.01. The van der Waals surface area contributed by atoms with E-state index < -0.39 is 0 Å². The van der Waals surface area contributed by atoms with Gasteiger partial charge in [-0.2, -0.15) is 0 Å². The maximum Gasteiger partial charge on any atom is 0.205 e. The van der Waals surface area contributed by atoms with Crippen LogP contribution in [-0.4, -0.2) is 10.2 Å². The van der Waals surface area contributed by atoms with Gasteiger partial charge in [0.25, 0.3) is 0 Å². The fraction of sp³-hybridized carbons (Fsp3) is 0.385. The Labute approximate surface area is 124 Å². The molecule has 0 amide bonds. The summed E-state index contributed by atoms with van der Waals surface area (Å²) in [4.78, 5) is 0. The zero-order valence-electron chi connectivity index (χ0n) is 10.8. The second-order valence-corrected chi connectivity index (χ2v) is 6.62. The van der Waals surface area contributed by atoms with Crippen molar-refractivity contribution in [2.45, 2.75) is 26.8 Å². The lowest BCUT2D eigenvalue weighted by molar-refractivity contribution is 0.620. The Morgan fingerprint density at radius 2 is 2.16 bits per heavy atom. The maximum atomic E-state index is 13.1. The van der Waals surface area contributed by atoms with E-state index in [9.17, 15) is 4.39 Å². The number of hydrogen-bond donors (Lipinski definition) is 1. The van der Waals surface area contributed by atoms with Crippen molar-refractivity contribution < 1.29 is 4.39 Å². The van der Waals surface area contributed by atoms with Crippen molar-refractivity contribution in [3.63, 3.8) is 0 Å². The van der Waals surface area contributed by atoms with Crippen LogP contribution in [0.15, 0.2) is 22.7 Å². The molecule has 0 unspecified atom stereocenters. The van der Waals surface area contributed by atoms with Crippen LogP contribution in [0.1, 0.15) is 24.4 Å². The van der Waals surface area contributed by atoms with Crippen molar-refractivity contribution in [2.24, 2.45) is 5.92 Å². The summed E-state index contributed by atoms with van der Waals surface area (Å²) in [7, 11) is 0. The zero-order chi connectivity index (χ0) is 13.8. The van der Waals surface area contributed by atoms with E-state index in [4.69, 9.17) is 0 Å². The molecule has 0 aliphatic rings. The maximum absolute atomic E-state index is 13.1. The molecule has 1 aromatic heterocycles. The van der Waals surface area contributed by atoms with Crippen LogP contribution in [0.4, 0.5) is 9.52 Å². The number of nitrogens with zero attached hydrogens (tertiary/aromatic N) is 2. The van der Waals surface area contributed by atoms with Gasteiger partial charge in [-0.25, -0.2) is 4.39 Å². The first-order chi connectivity index (χ1) is 9.04. The Morgan fingerprint density at radius 3 is 2.84 bits per heavy atom. The summed E-state index contributed by atoms with van der Waals surface area (Å²) < 4.78 is 13.6. The Morgan fingerprint density at radius 1 is 1.37 bits per heavy atom. The van der Waals surface area contributed by atoms with Gasteiger partial charge in [-0.1, -0.05) is 31.3 Å². The van der Waals surface area contributed by atoms with Crippen LogP contribution in [0, 0.1) is 11.7 Å². The van der Waals surface area contributed by atoms with Crippen molar-refractivity contribution in [1.29, 1.82) is 0 Å². The van der Waals surface area contributed by atoms with E-state index >= 15 is 0 Å². The minimum atomic E-state index is -0.251. The first-order valence-corrected chi connectivity index (χ1v) is 7.65. The van der Waals surface area contributed by atoms with Crippen LogP contribution < -0.4 is 5.32 Å². The Bertz CT molecular complexity index is 557. The molecule has 2 rings (SSSR count). The molecular formula is C13H15BrFN3S. The van der Waals surface area contributed by atoms with E-state index in [1.165, 1.54) is 6.07 Å². The molecule has 0 aliphatic carbocycles. The minimum absolute atomic E-state index is 0.251. The smallest absolute Gasteiger partial charge is 0.205 e. The molecule has 0 bridgehead atoms. The number of hydrogen-bond acceptors (Lipinski definition) is 4. The van der Waals surface area contributed by atoms with Gasteiger partial charge in [-0.05, 0) is 39.5 Å². The third-order valence-corrected chi connectivity index (χ3v) is 3.99. The molecule has 2 aromatic rings. The summed E-state index contributed by atoms with van der Waals surface area (Å²) in [6.45, 7) is 4.92. The predicted octanol–water partition coefficient (Wildman–Crippen LogP) is 4.25. The van der Waals surface area contributed by atoms with E-state index in [0.29, 0.717) is 16.9 Å². The lowest BCUT2D eigenvalue weighted by Gasteiger charge is -2.03. The third kappa shape index (κ3) is 4.24. The summed E-state index contributed by atoms with van der Waals surface area (Å²) in [5, 5.41) is 13.3. The summed E-state index contributed by atoms with van der Waals surface area (Å²) in [6, 6.07) is 4.97. The first-order valence-electron chi connectivity index (χ1n) is 6.05. The number of rotatable bonds is 5. The van der Waals surface area contributed by atoms with Gasteiger partial charge >= 0.3 is 0 Å². The minimum Gasteiger partial charge on any atom is -0.356 e. The van der Waals surface area contributed by atoms with Gasteiger partial charge in [-0.15, -0.1) is 10.2 Å². The van der Waals surface area contributed by atoms with Gasteiger partial charge in [0.15, 0.2) is 0 Å². The van der Waals surface area contributed by atoms with Gasteiger partial charge in [0.05, 0.1) is 4.47 Å². The fourth-order valence-electron chi connectivity index (χ4n) is 1.58. The molecule has 3 nitrogen and oxygen atoms in total. The van der Waals surface area contributed by atoms with Gasteiger partial charge in [0, 0.05) is 13.0 Å². The van der Waals surface area contributed by atoms with Crippen molar-refractivity contribution in [3.05, 3.63) is 39.1 Å². The molecule has 0 radical (unpaired) electrons. The molecule has 102 valence electrons. The zero-order valence-corrected chi connectivity index (χ0v) is 13.2. The summed E-state index contributed by atoms with van der Waals surface area (Å²) in [5.74, 6) is 0.327. The van der Waals surface area contributed by atoms with Crippen LogP contribution in [0.25, 0.3) is 0 Å². The predicted molar refractivity (Wildman–Crippen MR) is 79.9 cm³/mol. The highest BCUT2D eigenvalue weighted by Crippen LogP contribution is 2.20. The average molecular weight is 344 g/mol. The van der Waals surface area contributed by atoms with E-state index in [1.54, 1.807) is 23.5 Å². The molecule has 0 saturated carbocycles. The van der Waals surface area contributed by atoms with Crippen LogP contribution in [0.5, 0.6) is 0 Å². The average Bonchev–Trinajstić information content (AvgIpc) is 2.77. The third-order valence-electron chi connectivity index (χ3n) is 2.48. The van der Waals surface area contributed by atoms with Crippen molar-refractivity contribution >= 4 is 32.4 Å². The van der Waals surface area contributed by atoms with Crippen molar-refractivity contribution in [3.8, 4) is 0 Å². The lowest BCUT2D eigenvalue weighted by Crippen LogP contribution is -1.99. The summed E-state index contributed by atoms with van der Waals surface area (Å²) >= 11 is 4.74. The SMILES string of the molecule is CC(C)Cc1nnc(NCc2ccc(F)c(Br)c2)s1. The Balaban J connectivity index is 1.94. The number of aromatic nitrogens is 2. The highest BCUT2D eigenvalue weighted by Gasteiger charge is 2.06. The molecule has 1 N–H and O–H groups in total. The Kier molecular flexibility index (Phi) is 4.87. The van der Waals surface area contributed by atoms with Crippen LogP contribution >= 0.6 is 27.3 Å². The number of halogens is 2. The van der Waals surface area contributed by atoms with E-state index in [2.05, 4.69) is 45.3 Å². The largest absolute Gasteiger partial charge is 0.356 e. The normalized spacial score (nSPS) is 11.0. The molecule has 0 saturated heterocycles. The van der Waals surface area contributed by atoms with E-state index in [0.717, 1.165) is 22.1 Å². The highest BCUT2D eigenvalue weighted by molar-refractivity contribution is 9.10. The molecule has 6 heteroatoms. The molecule has 0 spiro atoms. The van der Waals surface area contributed by atoms with Crippen LogP contribution in [0.2, 0.25) is 0 Å². The monoisotopic (exact) mass is 343 g/mol. The topological polar surface area (TPSA) is 37.8 Å². The molecule has 1 aromatic carbocycles. The van der Waals surface area contributed by atoms with E-state index in [1.807, 2.05) is 0 Å². The number of nitrogens with one attached hydrogen (secondary N) is 1. The molecule has 1 heterocycles. The van der Waals surface area contributed by atoms with Crippen LogP contribution in [0.3, 0.4) is 0 Å². The van der Waals surface area contributed by atoms with Crippen molar-refractivity contribution in [1.82, 2.24) is 10.2 Å². The van der Waals surface area contributed by atoms with Gasteiger partial charge in [-0.3, -0.25) is 0 Å². The standard InChI is InChI=1S/C13H15BrFN3S/c1-8(2)5-12-17-18-13(19-12)16-7-9-3-4-11(15)10(14)6-9/h3-4,6,8H,5,7H2,1-2H3,(H,16,18).